The number of rotatable bonds is 2. The van der Waals surface area contributed by atoms with Gasteiger partial charge < -0.3 is 9.73 Å². The lowest BCUT2D eigenvalue weighted by molar-refractivity contribution is -0.122. The Bertz CT molecular complexity index is 380. The van der Waals surface area contributed by atoms with Crippen LogP contribution >= 0.6 is 0 Å². The Morgan fingerprint density at radius 2 is 2.44 bits per heavy atom. The first-order valence-electron chi connectivity index (χ1n) is 5.59. The second-order valence-corrected chi connectivity index (χ2v) is 4.46. The number of nitrogens with zero attached hydrogens (tertiary/aromatic N) is 1. The SMILES string of the molecule is Cc1coc(NC(=O)C2(C)CCCCN2)n1. The van der Waals surface area contributed by atoms with Crippen molar-refractivity contribution in [2.45, 2.75) is 38.6 Å². The molecule has 2 heterocycles. The number of aromatic nitrogens is 1. The Morgan fingerprint density at radius 1 is 1.62 bits per heavy atom. The van der Waals surface area contributed by atoms with Crippen LogP contribution in [-0.2, 0) is 4.79 Å². The van der Waals surface area contributed by atoms with Gasteiger partial charge in [-0.25, -0.2) is 0 Å². The van der Waals surface area contributed by atoms with Crippen molar-refractivity contribution in [1.29, 1.82) is 0 Å². The lowest BCUT2D eigenvalue weighted by atomic mass is 9.90. The summed E-state index contributed by atoms with van der Waals surface area (Å²) in [5.41, 5.74) is 0.262. The Hall–Kier alpha value is -1.36. The van der Waals surface area contributed by atoms with Crippen molar-refractivity contribution in [3.05, 3.63) is 12.0 Å². The van der Waals surface area contributed by atoms with Gasteiger partial charge in [-0.3, -0.25) is 10.1 Å². The lowest BCUT2D eigenvalue weighted by Crippen LogP contribution is -2.54. The van der Waals surface area contributed by atoms with Gasteiger partial charge in [0.1, 0.15) is 6.26 Å². The molecule has 2 N–H and O–H groups in total. The summed E-state index contributed by atoms with van der Waals surface area (Å²) >= 11 is 0. The van der Waals surface area contributed by atoms with Crippen molar-refractivity contribution in [3.63, 3.8) is 0 Å². The van der Waals surface area contributed by atoms with Crippen LogP contribution in [0.25, 0.3) is 0 Å². The Kier molecular flexibility index (Phi) is 2.96. The molecule has 5 nitrogen and oxygen atoms in total. The fourth-order valence-electron chi connectivity index (χ4n) is 1.90. The van der Waals surface area contributed by atoms with Gasteiger partial charge in [0, 0.05) is 0 Å². The number of oxazole rings is 1. The van der Waals surface area contributed by atoms with Crippen LogP contribution in [0.5, 0.6) is 0 Å². The van der Waals surface area contributed by atoms with Crippen molar-refractivity contribution < 1.29 is 9.21 Å². The minimum absolute atomic E-state index is 0.0750. The van der Waals surface area contributed by atoms with Gasteiger partial charge in [0.15, 0.2) is 0 Å². The van der Waals surface area contributed by atoms with Crippen molar-refractivity contribution in [3.8, 4) is 0 Å². The highest BCUT2D eigenvalue weighted by atomic mass is 16.4. The van der Waals surface area contributed by atoms with E-state index in [0.29, 0.717) is 0 Å². The van der Waals surface area contributed by atoms with E-state index in [1.54, 1.807) is 0 Å². The molecule has 88 valence electrons. The Labute approximate surface area is 94.6 Å². The van der Waals surface area contributed by atoms with E-state index in [4.69, 9.17) is 4.42 Å². The van der Waals surface area contributed by atoms with Gasteiger partial charge in [-0.05, 0) is 39.7 Å². The standard InChI is InChI=1S/C11H17N3O2/c1-8-7-16-10(13-8)14-9(15)11(2)5-3-4-6-12-11/h7,12H,3-6H2,1-2H3,(H,13,14,15). The molecule has 1 fully saturated rings. The third kappa shape index (κ3) is 2.24. The molecule has 1 aromatic heterocycles. The van der Waals surface area contributed by atoms with Gasteiger partial charge in [-0.1, -0.05) is 0 Å². The second-order valence-electron chi connectivity index (χ2n) is 4.46. The summed E-state index contributed by atoms with van der Waals surface area (Å²) in [4.78, 5) is 16.1. The van der Waals surface area contributed by atoms with E-state index in [-0.39, 0.29) is 11.9 Å². The molecule has 1 atom stereocenters. The molecule has 0 aliphatic carbocycles. The molecule has 2 rings (SSSR count). The van der Waals surface area contributed by atoms with Crippen molar-refractivity contribution in [2.24, 2.45) is 0 Å². The summed E-state index contributed by atoms with van der Waals surface area (Å²) in [7, 11) is 0. The fraction of sp³-hybridized carbons (Fsp3) is 0.636. The van der Waals surface area contributed by atoms with Crippen LogP contribution in [-0.4, -0.2) is 23.0 Å². The minimum Gasteiger partial charge on any atom is -0.432 e. The molecule has 1 aromatic rings. The molecule has 1 unspecified atom stereocenters. The van der Waals surface area contributed by atoms with Crippen LogP contribution in [0.4, 0.5) is 6.01 Å². The zero-order valence-corrected chi connectivity index (χ0v) is 9.67. The molecule has 0 aromatic carbocycles. The first-order chi connectivity index (χ1) is 7.60. The summed E-state index contributed by atoms with van der Waals surface area (Å²) in [5, 5.41) is 5.93. The minimum atomic E-state index is -0.499. The van der Waals surface area contributed by atoms with E-state index in [0.717, 1.165) is 31.5 Å². The van der Waals surface area contributed by atoms with E-state index in [9.17, 15) is 4.79 Å². The van der Waals surface area contributed by atoms with Crippen LogP contribution in [0, 0.1) is 6.92 Å². The van der Waals surface area contributed by atoms with Gasteiger partial charge >= 0.3 is 6.01 Å². The number of aryl methyl sites for hydroxylation is 1. The third-order valence-electron chi connectivity index (χ3n) is 2.96. The monoisotopic (exact) mass is 223 g/mol. The van der Waals surface area contributed by atoms with Gasteiger partial charge in [0.05, 0.1) is 11.2 Å². The summed E-state index contributed by atoms with van der Waals surface area (Å²) < 4.78 is 5.10. The topological polar surface area (TPSA) is 67.2 Å². The number of hydrogen-bond donors (Lipinski definition) is 2. The van der Waals surface area contributed by atoms with E-state index in [1.807, 2.05) is 13.8 Å². The van der Waals surface area contributed by atoms with Crippen LogP contribution in [0.3, 0.4) is 0 Å². The number of piperidine rings is 1. The molecule has 5 heteroatoms. The highest BCUT2D eigenvalue weighted by Crippen LogP contribution is 2.20. The summed E-state index contributed by atoms with van der Waals surface area (Å²) in [6, 6.07) is 0.274. The number of amides is 1. The zero-order chi connectivity index (χ0) is 11.6. The maximum atomic E-state index is 12.0. The van der Waals surface area contributed by atoms with Crippen LogP contribution in [0.15, 0.2) is 10.7 Å². The summed E-state index contributed by atoms with van der Waals surface area (Å²) in [6.07, 6.45) is 4.56. The van der Waals surface area contributed by atoms with Gasteiger partial charge in [0.2, 0.25) is 5.91 Å². The highest BCUT2D eigenvalue weighted by Gasteiger charge is 2.34. The maximum Gasteiger partial charge on any atom is 0.301 e. The predicted molar refractivity (Wildman–Crippen MR) is 60.1 cm³/mol. The molecule has 1 saturated heterocycles. The van der Waals surface area contributed by atoms with Crippen LogP contribution < -0.4 is 10.6 Å². The maximum absolute atomic E-state index is 12.0. The average molecular weight is 223 g/mol. The number of carbonyl (C=O) groups is 1. The molecule has 1 aliphatic heterocycles. The first-order valence-corrected chi connectivity index (χ1v) is 5.59. The largest absolute Gasteiger partial charge is 0.432 e. The average Bonchev–Trinajstić information content (AvgIpc) is 2.65. The second kappa shape index (κ2) is 4.25. The molecule has 1 aliphatic rings. The van der Waals surface area contributed by atoms with Crippen LogP contribution in [0.1, 0.15) is 31.9 Å². The lowest BCUT2D eigenvalue weighted by Gasteiger charge is -2.32. The van der Waals surface area contributed by atoms with Crippen molar-refractivity contribution in [2.75, 3.05) is 11.9 Å². The fourth-order valence-corrected chi connectivity index (χ4v) is 1.90. The number of carbonyl (C=O) groups excluding carboxylic acids is 1. The Balaban J connectivity index is 2.01. The zero-order valence-electron chi connectivity index (χ0n) is 9.67. The quantitative estimate of drug-likeness (QED) is 0.796. The molecule has 0 saturated carbocycles. The highest BCUT2D eigenvalue weighted by molar-refractivity contribution is 5.96. The van der Waals surface area contributed by atoms with E-state index in [2.05, 4.69) is 15.6 Å². The smallest absolute Gasteiger partial charge is 0.301 e. The van der Waals surface area contributed by atoms with E-state index in [1.165, 1.54) is 6.26 Å². The predicted octanol–water partition coefficient (Wildman–Crippen LogP) is 1.45. The van der Waals surface area contributed by atoms with Gasteiger partial charge in [-0.2, -0.15) is 4.98 Å². The van der Waals surface area contributed by atoms with Crippen LogP contribution in [0.2, 0.25) is 0 Å². The van der Waals surface area contributed by atoms with Gasteiger partial charge in [0.25, 0.3) is 0 Å². The summed E-state index contributed by atoms with van der Waals surface area (Å²) in [6.45, 7) is 4.62. The number of anilines is 1. The van der Waals surface area contributed by atoms with Crippen molar-refractivity contribution in [1.82, 2.24) is 10.3 Å². The first kappa shape index (κ1) is 11.1. The summed E-state index contributed by atoms with van der Waals surface area (Å²) in [5.74, 6) is -0.0750. The van der Waals surface area contributed by atoms with E-state index < -0.39 is 5.54 Å². The number of hydrogen-bond acceptors (Lipinski definition) is 4. The van der Waals surface area contributed by atoms with E-state index >= 15 is 0 Å². The molecule has 0 bridgehead atoms. The number of nitrogens with one attached hydrogen (secondary N) is 2. The molecule has 0 spiro atoms. The molecular formula is C11H17N3O2. The molecule has 0 radical (unpaired) electrons. The molecule has 1 amide bonds. The van der Waals surface area contributed by atoms with Crippen molar-refractivity contribution >= 4 is 11.9 Å². The molecular weight excluding hydrogens is 206 g/mol. The van der Waals surface area contributed by atoms with Gasteiger partial charge in [-0.15, -0.1) is 0 Å². The normalized spacial score (nSPS) is 25.4. The molecule has 16 heavy (non-hydrogen) atoms. The Morgan fingerprint density at radius 3 is 3.00 bits per heavy atom. The third-order valence-corrected chi connectivity index (χ3v) is 2.96.